The molecule has 3 heterocycles. The van der Waals surface area contributed by atoms with E-state index in [4.69, 9.17) is 5.11 Å². The van der Waals surface area contributed by atoms with Gasteiger partial charge in [-0.2, -0.15) is 0 Å². The molecule has 0 atom stereocenters. The Morgan fingerprint density at radius 1 is 1.42 bits per heavy atom. The zero-order valence-corrected chi connectivity index (χ0v) is 11.0. The van der Waals surface area contributed by atoms with Gasteiger partial charge < -0.3 is 5.11 Å². The van der Waals surface area contributed by atoms with E-state index in [1.165, 1.54) is 17.4 Å². The Morgan fingerprint density at radius 2 is 2.26 bits per heavy atom. The summed E-state index contributed by atoms with van der Waals surface area (Å²) >= 11 is 1.43. The monoisotopic (exact) mass is 277 g/mol. The second-order valence-corrected chi connectivity index (χ2v) is 4.98. The molecule has 0 aliphatic heterocycles. The van der Waals surface area contributed by atoms with Gasteiger partial charge >= 0.3 is 0 Å². The van der Waals surface area contributed by atoms with Crippen LogP contribution in [0.15, 0.2) is 22.4 Å². The molecule has 0 bridgehead atoms. The molecule has 0 fully saturated rings. The fourth-order valence-electron chi connectivity index (χ4n) is 1.84. The van der Waals surface area contributed by atoms with Crippen molar-refractivity contribution in [2.75, 3.05) is 0 Å². The van der Waals surface area contributed by atoms with E-state index in [-0.39, 0.29) is 12.2 Å². The lowest BCUT2D eigenvalue weighted by Crippen LogP contribution is -2.16. The van der Waals surface area contributed by atoms with Gasteiger partial charge in [0.25, 0.3) is 5.56 Å². The summed E-state index contributed by atoms with van der Waals surface area (Å²) in [6, 6.07) is 1.49. The molecule has 7 nitrogen and oxygen atoms in total. The van der Waals surface area contributed by atoms with Crippen LogP contribution in [0.3, 0.4) is 0 Å². The Hall–Kier alpha value is -2.06. The van der Waals surface area contributed by atoms with Crippen molar-refractivity contribution >= 4 is 16.3 Å². The number of hydrogen-bond acceptors (Lipinski definition) is 6. The normalized spacial score (nSPS) is 11.3. The number of hydrogen-bond donors (Lipinski definition) is 1. The molecule has 3 aromatic heterocycles. The molecule has 8 heteroatoms. The first-order chi connectivity index (χ1) is 9.17. The highest BCUT2D eigenvalue weighted by Crippen LogP contribution is 2.11. The molecule has 0 radical (unpaired) electrons. The van der Waals surface area contributed by atoms with Crippen molar-refractivity contribution in [1.82, 2.24) is 24.4 Å². The lowest BCUT2D eigenvalue weighted by Gasteiger charge is -2.01. The number of nitrogens with zero attached hydrogens (tertiary/aromatic N) is 5. The number of aliphatic hydroxyl groups is 1. The van der Waals surface area contributed by atoms with Gasteiger partial charge in [-0.15, -0.1) is 16.4 Å². The minimum atomic E-state index is -0.154. The predicted molar refractivity (Wildman–Crippen MR) is 69.1 cm³/mol. The maximum atomic E-state index is 12.0. The van der Waals surface area contributed by atoms with Crippen LogP contribution < -0.4 is 5.56 Å². The highest BCUT2D eigenvalue weighted by molar-refractivity contribution is 7.15. The summed E-state index contributed by atoms with van der Waals surface area (Å²) in [6.07, 6.45) is 1.63. The highest BCUT2D eigenvalue weighted by Gasteiger charge is 2.07. The third kappa shape index (κ3) is 2.15. The quantitative estimate of drug-likeness (QED) is 0.739. The summed E-state index contributed by atoms with van der Waals surface area (Å²) in [4.78, 5) is 17.1. The zero-order chi connectivity index (χ0) is 13.4. The Morgan fingerprint density at radius 3 is 3.00 bits per heavy atom. The van der Waals surface area contributed by atoms with Gasteiger partial charge in [0, 0.05) is 17.1 Å². The van der Waals surface area contributed by atoms with E-state index >= 15 is 0 Å². The minimum absolute atomic E-state index is 0.0961. The largest absolute Gasteiger partial charge is 0.390 e. The summed E-state index contributed by atoms with van der Waals surface area (Å²) in [7, 11) is 0. The van der Waals surface area contributed by atoms with Crippen LogP contribution in [0.1, 0.15) is 17.1 Å². The molecule has 0 amide bonds. The van der Waals surface area contributed by atoms with Crippen LogP contribution in [0.5, 0.6) is 0 Å². The minimum Gasteiger partial charge on any atom is -0.390 e. The average molecular weight is 277 g/mol. The second kappa shape index (κ2) is 4.56. The second-order valence-electron chi connectivity index (χ2n) is 4.15. The fraction of sp³-hybridized carbons (Fsp3) is 0.273. The Kier molecular flexibility index (Phi) is 2.88. The number of fused-ring (bicyclic) bond motifs is 1. The van der Waals surface area contributed by atoms with Crippen molar-refractivity contribution in [1.29, 1.82) is 0 Å². The zero-order valence-electron chi connectivity index (χ0n) is 10.1. The average Bonchev–Trinajstić information content (AvgIpc) is 2.97. The molecule has 19 heavy (non-hydrogen) atoms. The Labute approximate surface area is 111 Å². The van der Waals surface area contributed by atoms with Crippen molar-refractivity contribution in [2.45, 2.75) is 20.1 Å². The molecule has 0 saturated carbocycles. The van der Waals surface area contributed by atoms with Crippen LogP contribution in [0.25, 0.3) is 4.96 Å². The van der Waals surface area contributed by atoms with Crippen molar-refractivity contribution in [3.63, 3.8) is 0 Å². The number of thiazole rings is 1. The number of rotatable bonds is 3. The summed E-state index contributed by atoms with van der Waals surface area (Å²) in [5.41, 5.74) is 1.90. The van der Waals surface area contributed by atoms with Crippen LogP contribution in [0.2, 0.25) is 0 Å². The van der Waals surface area contributed by atoms with Gasteiger partial charge in [-0.3, -0.25) is 9.20 Å². The van der Waals surface area contributed by atoms with Crippen molar-refractivity contribution in [3.05, 3.63) is 45.1 Å². The van der Waals surface area contributed by atoms with Gasteiger partial charge in [-0.1, -0.05) is 5.21 Å². The lowest BCUT2D eigenvalue weighted by molar-refractivity contribution is 0.276. The molecule has 0 saturated heterocycles. The van der Waals surface area contributed by atoms with E-state index in [2.05, 4.69) is 15.3 Å². The number of aromatic nitrogens is 5. The van der Waals surface area contributed by atoms with Gasteiger partial charge in [0.05, 0.1) is 25.0 Å². The first-order valence-electron chi connectivity index (χ1n) is 5.64. The maximum Gasteiger partial charge on any atom is 0.259 e. The predicted octanol–water partition coefficient (Wildman–Crippen LogP) is 0.197. The third-order valence-corrected chi connectivity index (χ3v) is 3.64. The van der Waals surface area contributed by atoms with Crippen molar-refractivity contribution < 1.29 is 5.11 Å². The molecule has 98 valence electrons. The summed E-state index contributed by atoms with van der Waals surface area (Å²) in [6.45, 7) is 2.08. The standard InChI is InChI=1S/C11H11N5O2S/c1-7-6-19-11-12-8(2-10(18)16(7)11)3-15-4-9(5-17)13-14-15/h2,4,6,17H,3,5H2,1H3. The van der Waals surface area contributed by atoms with Crippen LogP contribution in [-0.2, 0) is 13.2 Å². The van der Waals surface area contributed by atoms with Crippen LogP contribution in [0.4, 0.5) is 0 Å². The molecule has 3 aromatic rings. The van der Waals surface area contributed by atoms with Crippen molar-refractivity contribution in [3.8, 4) is 0 Å². The van der Waals surface area contributed by atoms with E-state index in [0.29, 0.717) is 22.9 Å². The van der Waals surface area contributed by atoms with E-state index in [1.807, 2.05) is 12.3 Å². The van der Waals surface area contributed by atoms with E-state index in [9.17, 15) is 4.79 Å². The van der Waals surface area contributed by atoms with Crippen LogP contribution in [-0.4, -0.2) is 29.5 Å². The Balaban J connectivity index is 1.99. The third-order valence-electron chi connectivity index (χ3n) is 2.70. The summed E-state index contributed by atoms with van der Waals surface area (Å²) < 4.78 is 3.12. The molecular weight excluding hydrogens is 266 g/mol. The molecule has 0 unspecified atom stereocenters. The van der Waals surface area contributed by atoms with Gasteiger partial charge in [0.2, 0.25) is 0 Å². The molecular formula is C11H11N5O2S. The molecule has 0 aliphatic rings. The molecule has 0 aliphatic carbocycles. The number of aryl methyl sites for hydroxylation is 1. The SMILES string of the molecule is Cc1csc2nc(Cn3cc(CO)nn3)cc(=O)n12. The first-order valence-corrected chi connectivity index (χ1v) is 6.52. The topological polar surface area (TPSA) is 85.3 Å². The fourth-order valence-corrected chi connectivity index (χ4v) is 2.73. The molecule has 3 rings (SSSR count). The van der Waals surface area contributed by atoms with Gasteiger partial charge in [0.1, 0.15) is 5.69 Å². The lowest BCUT2D eigenvalue weighted by atomic mass is 10.4. The first kappa shape index (κ1) is 12.0. The van der Waals surface area contributed by atoms with Crippen LogP contribution >= 0.6 is 11.3 Å². The number of aliphatic hydroxyl groups excluding tert-OH is 1. The highest BCUT2D eigenvalue weighted by atomic mass is 32.1. The van der Waals surface area contributed by atoms with E-state index in [0.717, 1.165) is 5.69 Å². The van der Waals surface area contributed by atoms with Gasteiger partial charge in [0.15, 0.2) is 4.96 Å². The summed E-state index contributed by atoms with van der Waals surface area (Å²) in [5, 5.41) is 18.5. The maximum absolute atomic E-state index is 12.0. The Bertz CT molecular complexity index is 788. The molecule has 1 N–H and O–H groups in total. The van der Waals surface area contributed by atoms with Crippen molar-refractivity contribution in [2.24, 2.45) is 0 Å². The van der Waals surface area contributed by atoms with Gasteiger partial charge in [-0.25, -0.2) is 9.67 Å². The smallest absolute Gasteiger partial charge is 0.259 e. The molecule has 0 aromatic carbocycles. The molecule has 0 spiro atoms. The van der Waals surface area contributed by atoms with Gasteiger partial charge in [-0.05, 0) is 6.92 Å². The van der Waals surface area contributed by atoms with E-state index in [1.54, 1.807) is 15.3 Å². The summed E-state index contributed by atoms with van der Waals surface area (Å²) in [5.74, 6) is 0. The van der Waals surface area contributed by atoms with E-state index < -0.39 is 0 Å². The van der Waals surface area contributed by atoms with Crippen LogP contribution in [0, 0.1) is 6.92 Å².